The van der Waals surface area contributed by atoms with Crippen LogP contribution in [0.3, 0.4) is 0 Å². The van der Waals surface area contributed by atoms with E-state index in [1.165, 1.54) is 5.56 Å². The van der Waals surface area contributed by atoms with Crippen LogP contribution < -0.4 is 5.73 Å². The monoisotopic (exact) mass is 437 g/mol. The van der Waals surface area contributed by atoms with E-state index in [9.17, 15) is 0 Å². The molecule has 1 aromatic carbocycles. The molecular weight excluding hydrogens is 430 g/mol. The van der Waals surface area contributed by atoms with Gasteiger partial charge in [0, 0.05) is 13.8 Å². The molecule has 0 radical (unpaired) electrons. The van der Waals surface area contributed by atoms with E-state index in [1.807, 2.05) is 0 Å². The van der Waals surface area contributed by atoms with E-state index in [-0.39, 0.29) is 6.04 Å². The van der Waals surface area contributed by atoms with Gasteiger partial charge >= 0.3 is 0 Å². The molecule has 17 heavy (non-hydrogen) atoms. The molecule has 0 amide bonds. The van der Waals surface area contributed by atoms with Crippen molar-refractivity contribution in [1.29, 1.82) is 0 Å². The van der Waals surface area contributed by atoms with Gasteiger partial charge in [-0.3, -0.25) is 0 Å². The molecule has 5 heteroatoms. The van der Waals surface area contributed by atoms with E-state index in [2.05, 4.69) is 79.0 Å². The number of nitrogens with two attached hydrogens (primary N) is 1. The molecule has 1 unspecified atom stereocenters. The first kappa shape index (κ1) is 13.7. The number of thiophene rings is 1. The van der Waals surface area contributed by atoms with Crippen molar-refractivity contribution in [2.75, 3.05) is 0 Å². The minimum absolute atomic E-state index is 0.0844. The second-order valence-electron chi connectivity index (χ2n) is 3.81. The molecule has 0 aliphatic carbocycles. The normalized spacial score (nSPS) is 12.8. The van der Waals surface area contributed by atoms with E-state index in [0.29, 0.717) is 0 Å². The summed E-state index contributed by atoms with van der Waals surface area (Å²) in [6.45, 7) is 2.07. The van der Waals surface area contributed by atoms with Gasteiger partial charge in [-0.2, -0.15) is 0 Å². The fourth-order valence-electron chi connectivity index (χ4n) is 1.63. The Kier molecular flexibility index (Phi) is 4.47. The van der Waals surface area contributed by atoms with Crippen molar-refractivity contribution in [3.8, 4) is 0 Å². The van der Waals surface area contributed by atoms with Crippen molar-refractivity contribution < 1.29 is 0 Å². The highest BCUT2D eigenvalue weighted by Crippen LogP contribution is 2.37. The number of halogens is 3. The maximum absolute atomic E-state index is 6.28. The van der Waals surface area contributed by atoms with Crippen LogP contribution >= 0.6 is 59.1 Å². The number of aryl methyl sites for hydroxylation is 1. The summed E-state index contributed by atoms with van der Waals surface area (Å²) in [5.74, 6) is 0. The Hall–Kier alpha value is 0.320. The summed E-state index contributed by atoms with van der Waals surface area (Å²) in [7, 11) is 0. The van der Waals surface area contributed by atoms with Crippen LogP contribution in [0.2, 0.25) is 0 Å². The Balaban J connectivity index is 2.39. The molecule has 1 nitrogen and oxygen atoms in total. The van der Waals surface area contributed by atoms with Gasteiger partial charge in [0.15, 0.2) is 0 Å². The SMILES string of the molecule is Cc1cc(Br)cc(C(N)c2cc(Br)c(Br)s2)c1. The maximum Gasteiger partial charge on any atom is 0.0843 e. The molecule has 2 rings (SSSR count). The van der Waals surface area contributed by atoms with Crippen LogP contribution in [0, 0.1) is 6.92 Å². The lowest BCUT2D eigenvalue weighted by molar-refractivity contribution is 0.890. The van der Waals surface area contributed by atoms with E-state index >= 15 is 0 Å². The highest BCUT2D eigenvalue weighted by molar-refractivity contribution is 9.13. The molecule has 0 saturated carbocycles. The number of hydrogen-bond acceptors (Lipinski definition) is 2. The van der Waals surface area contributed by atoms with Crippen LogP contribution in [-0.2, 0) is 0 Å². The van der Waals surface area contributed by atoms with Gasteiger partial charge in [0.25, 0.3) is 0 Å². The van der Waals surface area contributed by atoms with Crippen molar-refractivity contribution >= 4 is 59.1 Å². The van der Waals surface area contributed by atoms with Crippen LogP contribution in [0.5, 0.6) is 0 Å². The lowest BCUT2D eigenvalue weighted by Crippen LogP contribution is -2.10. The average molecular weight is 440 g/mol. The van der Waals surface area contributed by atoms with Crippen LogP contribution in [0.1, 0.15) is 22.0 Å². The van der Waals surface area contributed by atoms with Crippen molar-refractivity contribution in [2.45, 2.75) is 13.0 Å². The average Bonchev–Trinajstić information content (AvgIpc) is 2.57. The maximum atomic E-state index is 6.28. The Morgan fingerprint density at radius 3 is 2.35 bits per heavy atom. The molecule has 2 aromatic rings. The number of hydrogen-bond donors (Lipinski definition) is 1. The van der Waals surface area contributed by atoms with Crippen molar-refractivity contribution in [1.82, 2.24) is 0 Å². The Bertz CT molecular complexity index is 511. The van der Waals surface area contributed by atoms with Crippen LogP contribution in [0.4, 0.5) is 0 Å². The van der Waals surface area contributed by atoms with Gasteiger partial charge < -0.3 is 5.73 Å². The molecule has 0 saturated heterocycles. The Morgan fingerprint density at radius 1 is 1.12 bits per heavy atom. The third-order valence-electron chi connectivity index (χ3n) is 2.39. The van der Waals surface area contributed by atoms with Gasteiger partial charge in [-0.1, -0.05) is 22.0 Å². The Labute approximate surface area is 130 Å². The summed E-state index contributed by atoms with van der Waals surface area (Å²) in [5.41, 5.74) is 8.62. The second kappa shape index (κ2) is 5.53. The number of rotatable bonds is 2. The molecule has 90 valence electrons. The minimum atomic E-state index is -0.0844. The molecule has 0 aliphatic heterocycles. The highest BCUT2D eigenvalue weighted by Gasteiger charge is 2.14. The third-order valence-corrected chi connectivity index (χ3v) is 6.19. The molecule has 1 atom stereocenters. The zero-order chi connectivity index (χ0) is 12.6. The fraction of sp³-hybridized carbons (Fsp3) is 0.167. The third kappa shape index (κ3) is 3.20. The predicted molar refractivity (Wildman–Crippen MR) is 84.6 cm³/mol. The molecular formula is C12H10Br3NS. The lowest BCUT2D eigenvalue weighted by Gasteiger charge is -2.11. The topological polar surface area (TPSA) is 26.0 Å². The summed E-state index contributed by atoms with van der Waals surface area (Å²) >= 11 is 12.1. The standard InChI is InChI=1S/C12H10Br3NS/c1-6-2-7(4-8(13)3-6)11(16)10-5-9(14)12(15)17-10/h2-5,11H,16H2,1H3. The summed E-state index contributed by atoms with van der Waals surface area (Å²) in [6.07, 6.45) is 0. The van der Waals surface area contributed by atoms with E-state index in [4.69, 9.17) is 5.73 Å². The highest BCUT2D eigenvalue weighted by atomic mass is 79.9. The van der Waals surface area contributed by atoms with Crippen LogP contribution in [0.25, 0.3) is 0 Å². The van der Waals surface area contributed by atoms with Gasteiger partial charge in [-0.25, -0.2) is 0 Å². The lowest BCUT2D eigenvalue weighted by atomic mass is 10.0. The first-order valence-corrected chi connectivity index (χ1v) is 8.14. The van der Waals surface area contributed by atoms with Crippen molar-refractivity contribution in [3.05, 3.63) is 53.0 Å². The van der Waals surface area contributed by atoms with E-state index in [0.717, 1.165) is 23.2 Å². The predicted octanol–water partition coefficient (Wildman–Crippen LogP) is 5.39. The first-order chi connectivity index (χ1) is 7.97. The zero-order valence-corrected chi connectivity index (χ0v) is 14.6. The van der Waals surface area contributed by atoms with Crippen molar-refractivity contribution in [2.24, 2.45) is 5.73 Å². The summed E-state index contributed by atoms with van der Waals surface area (Å²) in [6, 6.07) is 8.25. The molecule has 2 N–H and O–H groups in total. The van der Waals surface area contributed by atoms with Gasteiger partial charge in [0.05, 0.1) is 9.83 Å². The van der Waals surface area contributed by atoms with Gasteiger partial charge in [-0.05, 0) is 68.1 Å². The van der Waals surface area contributed by atoms with E-state index in [1.54, 1.807) is 11.3 Å². The van der Waals surface area contributed by atoms with E-state index < -0.39 is 0 Å². The van der Waals surface area contributed by atoms with Crippen molar-refractivity contribution in [3.63, 3.8) is 0 Å². The van der Waals surface area contributed by atoms with Crippen LogP contribution in [0.15, 0.2) is 37.0 Å². The van der Waals surface area contributed by atoms with Gasteiger partial charge in [0.2, 0.25) is 0 Å². The summed E-state index contributed by atoms with van der Waals surface area (Å²) in [5, 5.41) is 0. The molecule has 0 spiro atoms. The number of benzene rings is 1. The largest absolute Gasteiger partial charge is 0.320 e. The smallest absolute Gasteiger partial charge is 0.0843 e. The molecule has 0 fully saturated rings. The minimum Gasteiger partial charge on any atom is -0.320 e. The zero-order valence-electron chi connectivity index (χ0n) is 9.01. The molecule has 1 heterocycles. The second-order valence-corrected chi connectivity index (χ2v) is 7.98. The first-order valence-electron chi connectivity index (χ1n) is 4.95. The molecule has 0 bridgehead atoms. The molecule has 1 aromatic heterocycles. The quantitative estimate of drug-likeness (QED) is 0.666. The summed E-state index contributed by atoms with van der Waals surface area (Å²) < 4.78 is 3.20. The van der Waals surface area contributed by atoms with Gasteiger partial charge in [-0.15, -0.1) is 11.3 Å². The van der Waals surface area contributed by atoms with Crippen LogP contribution in [-0.4, -0.2) is 0 Å². The molecule has 0 aliphatic rings. The van der Waals surface area contributed by atoms with Gasteiger partial charge in [0.1, 0.15) is 0 Å². The summed E-state index contributed by atoms with van der Waals surface area (Å²) in [4.78, 5) is 1.14. The fourth-order valence-corrected chi connectivity index (χ4v) is 4.37. The Morgan fingerprint density at radius 2 is 1.82 bits per heavy atom.